The van der Waals surface area contributed by atoms with Gasteiger partial charge in [0.2, 0.25) is 5.91 Å². The Morgan fingerprint density at radius 1 is 1.23 bits per heavy atom. The van der Waals surface area contributed by atoms with Crippen LogP contribution in [-0.2, 0) is 11.2 Å². The molecule has 1 aliphatic carbocycles. The van der Waals surface area contributed by atoms with Crippen LogP contribution in [0.3, 0.4) is 0 Å². The first-order valence-corrected chi connectivity index (χ1v) is 4.76. The molecule has 0 radical (unpaired) electrons. The third kappa shape index (κ3) is 0.981. The van der Waals surface area contributed by atoms with E-state index in [2.05, 4.69) is 12.1 Å². The predicted molar refractivity (Wildman–Crippen MR) is 50.7 cm³/mol. The second kappa shape index (κ2) is 2.34. The third-order valence-corrected chi connectivity index (χ3v) is 2.77. The van der Waals surface area contributed by atoms with E-state index in [0.717, 1.165) is 5.69 Å². The van der Waals surface area contributed by atoms with Crippen LogP contribution in [0.1, 0.15) is 18.4 Å². The number of hydrogen-bond acceptors (Lipinski definition) is 1. The van der Waals surface area contributed by atoms with E-state index in [1.54, 1.807) is 0 Å². The number of carbonyl (C=O) groups excluding carboxylic acids is 1. The molecule has 0 bridgehead atoms. The van der Waals surface area contributed by atoms with Crippen molar-refractivity contribution in [1.82, 2.24) is 0 Å². The van der Waals surface area contributed by atoms with Crippen LogP contribution in [0.15, 0.2) is 24.3 Å². The molecule has 1 fully saturated rings. The predicted octanol–water partition coefficient (Wildman–Crippen LogP) is 1.74. The molecule has 1 aromatic carbocycles. The van der Waals surface area contributed by atoms with Crippen LogP contribution in [0.2, 0.25) is 0 Å². The van der Waals surface area contributed by atoms with Gasteiger partial charge in [-0.25, -0.2) is 0 Å². The van der Waals surface area contributed by atoms with Gasteiger partial charge in [-0.15, -0.1) is 0 Å². The number of nitrogens with zero attached hydrogens (tertiary/aromatic N) is 1. The summed E-state index contributed by atoms with van der Waals surface area (Å²) in [5.74, 6) is 0.281. The molecule has 0 saturated heterocycles. The average Bonchev–Trinajstić information content (AvgIpc) is 2.88. The average molecular weight is 173 g/mol. The quantitative estimate of drug-likeness (QED) is 0.633. The van der Waals surface area contributed by atoms with Gasteiger partial charge in [0.15, 0.2) is 0 Å². The fourth-order valence-electron chi connectivity index (χ4n) is 2.01. The van der Waals surface area contributed by atoms with E-state index in [1.165, 1.54) is 18.4 Å². The van der Waals surface area contributed by atoms with Crippen LogP contribution in [0.25, 0.3) is 0 Å². The molecule has 0 atom stereocenters. The largest absolute Gasteiger partial charge is 0.309 e. The van der Waals surface area contributed by atoms with Crippen LogP contribution in [0.5, 0.6) is 0 Å². The second-order valence-electron chi connectivity index (χ2n) is 3.80. The minimum Gasteiger partial charge on any atom is -0.309 e. The summed E-state index contributed by atoms with van der Waals surface area (Å²) in [6.45, 7) is 0. The maximum absolute atomic E-state index is 11.6. The number of para-hydroxylation sites is 1. The number of carbonyl (C=O) groups is 1. The van der Waals surface area contributed by atoms with Gasteiger partial charge in [-0.2, -0.15) is 0 Å². The number of rotatable bonds is 1. The summed E-state index contributed by atoms with van der Waals surface area (Å²) < 4.78 is 0. The van der Waals surface area contributed by atoms with Gasteiger partial charge in [-0.05, 0) is 24.5 Å². The van der Waals surface area contributed by atoms with Gasteiger partial charge in [0, 0.05) is 11.7 Å². The van der Waals surface area contributed by atoms with E-state index < -0.39 is 0 Å². The molecular formula is C11H11NO. The number of benzene rings is 1. The lowest BCUT2D eigenvalue weighted by molar-refractivity contribution is -0.117. The molecule has 2 aliphatic rings. The monoisotopic (exact) mass is 173 g/mol. The Morgan fingerprint density at radius 3 is 2.77 bits per heavy atom. The Kier molecular flexibility index (Phi) is 1.29. The van der Waals surface area contributed by atoms with Crippen molar-refractivity contribution in [3.8, 4) is 0 Å². The number of anilines is 1. The SMILES string of the molecule is O=C1Cc2ccccc2N1C1CC1. The standard InChI is InChI=1S/C11H11NO/c13-11-7-8-3-1-2-4-10(8)12(11)9-5-6-9/h1-4,9H,5-7H2. The molecule has 0 aromatic heterocycles. The molecule has 1 saturated carbocycles. The molecule has 1 heterocycles. The van der Waals surface area contributed by atoms with Crippen molar-refractivity contribution in [2.75, 3.05) is 4.90 Å². The summed E-state index contributed by atoms with van der Waals surface area (Å²) in [6.07, 6.45) is 2.97. The summed E-state index contributed by atoms with van der Waals surface area (Å²) in [5.41, 5.74) is 2.34. The fourth-order valence-corrected chi connectivity index (χ4v) is 2.01. The smallest absolute Gasteiger partial charge is 0.231 e. The molecule has 13 heavy (non-hydrogen) atoms. The topological polar surface area (TPSA) is 20.3 Å². The summed E-state index contributed by atoms with van der Waals surface area (Å²) in [7, 11) is 0. The van der Waals surface area contributed by atoms with Gasteiger partial charge >= 0.3 is 0 Å². The lowest BCUT2D eigenvalue weighted by Gasteiger charge is -2.15. The molecule has 0 spiro atoms. The second-order valence-corrected chi connectivity index (χ2v) is 3.80. The minimum absolute atomic E-state index is 0.281. The van der Waals surface area contributed by atoms with Crippen molar-refractivity contribution < 1.29 is 4.79 Å². The van der Waals surface area contributed by atoms with Gasteiger partial charge < -0.3 is 4.90 Å². The Labute approximate surface area is 77.2 Å². The molecule has 0 N–H and O–H groups in total. The van der Waals surface area contributed by atoms with Gasteiger partial charge in [-0.1, -0.05) is 18.2 Å². The summed E-state index contributed by atoms with van der Waals surface area (Å²) in [6, 6.07) is 8.62. The zero-order valence-corrected chi connectivity index (χ0v) is 7.36. The van der Waals surface area contributed by atoms with Crippen LogP contribution in [-0.4, -0.2) is 11.9 Å². The molecule has 1 amide bonds. The van der Waals surface area contributed by atoms with E-state index in [4.69, 9.17) is 0 Å². The van der Waals surface area contributed by atoms with Crippen molar-refractivity contribution in [2.24, 2.45) is 0 Å². The highest BCUT2D eigenvalue weighted by Gasteiger charge is 2.38. The normalized spacial score (nSPS) is 20.6. The van der Waals surface area contributed by atoms with E-state index >= 15 is 0 Å². The van der Waals surface area contributed by atoms with E-state index in [0.29, 0.717) is 12.5 Å². The molecule has 0 unspecified atom stereocenters. The number of fused-ring (bicyclic) bond motifs is 1. The van der Waals surface area contributed by atoms with E-state index in [9.17, 15) is 4.79 Å². The van der Waals surface area contributed by atoms with Crippen molar-refractivity contribution in [3.63, 3.8) is 0 Å². The van der Waals surface area contributed by atoms with Crippen LogP contribution in [0, 0.1) is 0 Å². The van der Waals surface area contributed by atoms with Gasteiger partial charge in [0.25, 0.3) is 0 Å². The first-order chi connectivity index (χ1) is 6.36. The van der Waals surface area contributed by atoms with Crippen molar-refractivity contribution in [2.45, 2.75) is 25.3 Å². The Balaban J connectivity index is 2.08. The summed E-state index contributed by atoms with van der Waals surface area (Å²) in [5, 5.41) is 0. The van der Waals surface area contributed by atoms with Gasteiger partial charge in [0.05, 0.1) is 6.42 Å². The van der Waals surface area contributed by atoms with Crippen molar-refractivity contribution >= 4 is 11.6 Å². The molecule has 2 nitrogen and oxygen atoms in total. The van der Waals surface area contributed by atoms with Gasteiger partial charge in [0.1, 0.15) is 0 Å². The lowest BCUT2D eigenvalue weighted by Crippen LogP contribution is -2.28. The zero-order valence-electron chi connectivity index (χ0n) is 7.36. The number of amides is 1. The maximum atomic E-state index is 11.6. The molecule has 2 heteroatoms. The first-order valence-electron chi connectivity index (χ1n) is 4.76. The Hall–Kier alpha value is -1.31. The highest BCUT2D eigenvalue weighted by molar-refractivity contribution is 6.02. The highest BCUT2D eigenvalue weighted by atomic mass is 16.2. The van der Waals surface area contributed by atoms with Crippen molar-refractivity contribution in [1.29, 1.82) is 0 Å². The number of hydrogen-bond donors (Lipinski definition) is 0. The Morgan fingerprint density at radius 2 is 2.00 bits per heavy atom. The minimum atomic E-state index is 0.281. The third-order valence-electron chi connectivity index (χ3n) is 2.77. The molecule has 3 rings (SSSR count). The summed E-state index contributed by atoms with van der Waals surface area (Å²) in [4.78, 5) is 13.6. The van der Waals surface area contributed by atoms with E-state index in [-0.39, 0.29) is 5.91 Å². The first kappa shape index (κ1) is 7.13. The molecule has 1 aromatic rings. The zero-order chi connectivity index (χ0) is 8.84. The summed E-state index contributed by atoms with van der Waals surface area (Å²) >= 11 is 0. The molecule has 1 aliphatic heterocycles. The molecular weight excluding hydrogens is 162 g/mol. The van der Waals surface area contributed by atoms with Crippen LogP contribution in [0.4, 0.5) is 5.69 Å². The van der Waals surface area contributed by atoms with Crippen molar-refractivity contribution in [3.05, 3.63) is 29.8 Å². The van der Waals surface area contributed by atoms with Crippen LogP contribution >= 0.6 is 0 Å². The maximum Gasteiger partial charge on any atom is 0.231 e. The van der Waals surface area contributed by atoms with Gasteiger partial charge in [-0.3, -0.25) is 4.79 Å². The lowest BCUT2D eigenvalue weighted by atomic mass is 10.2. The fraction of sp³-hybridized carbons (Fsp3) is 0.364. The Bertz CT molecular complexity index is 368. The highest BCUT2D eigenvalue weighted by Crippen LogP contribution is 2.38. The van der Waals surface area contributed by atoms with E-state index in [1.807, 2.05) is 17.0 Å². The molecule has 66 valence electrons. The van der Waals surface area contributed by atoms with Crippen LogP contribution < -0.4 is 4.90 Å².